The van der Waals surface area contributed by atoms with Crippen molar-refractivity contribution in [2.75, 3.05) is 20.1 Å². The number of nitrogens with one attached hydrogen (secondary N) is 1. The maximum Gasteiger partial charge on any atom is 0.222 e. The van der Waals surface area contributed by atoms with Gasteiger partial charge in [0.1, 0.15) is 5.82 Å². The molecule has 116 valence electrons. The molecule has 0 bridgehead atoms. The maximum absolute atomic E-state index is 13.9. The molecular weight excluding hydrogens is 339 g/mol. The van der Waals surface area contributed by atoms with E-state index in [1.54, 1.807) is 19.2 Å². The summed E-state index contributed by atoms with van der Waals surface area (Å²) in [5.74, 6) is -0.434. The van der Waals surface area contributed by atoms with Crippen molar-refractivity contribution in [1.29, 1.82) is 0 Å². The molecule has 0 spiro atoms. The van der Waals surface area contributed by atoms with Crippen LogP contribution in [0.4, 0.5) is 4.39 Å². The highest BCUT2D eigenvalue weighted by molar-refractivity contribution is 9.10. The summed E-state index contributed by atoms with van der Waals surface area (Å²) in [5, 5.41) is 13.1. The third-order valence-electron chi connectivity index (χ3n) is 3.85. The summed E-state index contributed by atoms with van der Waals surface area (Å²) in [7, 11) is 1.56. The highest BCUT2D eigenvalue weighted by Crippen LogP contribution is 2.28. The van der Waals surface area contributed by atoms with E-state index in [-0.39, 0.29) is 18.1 Å². The summed E-state index contributed by atoms with van der Waals surface area (Å²) in [5.41, 5.74) is -0.447. The van der Waals surface area contributed by atoms with Crippen LogP contribution in [0, 0.1) is 5.82 Å². The van der Waals surface area contributed by atoms with Crippen molar-refractivity contribution < 1.29 is 14.3 Å². The van der Waals surface area contributed by atoms with E-state index in [2.05, 4.69) is 21.2 Å². The smallest absolute Gasteiger partial charge is 0.222 e. The largest absolute Gasteiger partial charge is 0.388 e. The second kappa shape index (κ2) is 6.85. The van der Waals surface area contributed by atoms with Gasteiger partial charge in [-0.2, -0.15) is 0 Å². The van der Waals surface area contributed by atoms with E-state index < -0.39 is 5.60 Å². The zero-order valence-electron chi connectivity index (χ0n) is 12.0. The van der Waals surface area contributed by atoms with Crippen molar-refractivity contribution in [2.45, 2.75) is 31.4 Å². The number of halogens is 2. The summed E-state index contributed by atoms with van der Waals surface area (Å²) in [6.45, 7) is 1.58. The van der Waals surface area contributed by atoms with E-state index in [1.165, 1.54) is 6.07 Å². The fraction of sp³-hybridized carbons (Fsp3) is 0.533. The normalized spacial score (nSPS) is 23.0. The first-order chi connectivity index (χ1) is 9.93. The van der Waals surface area contributed by atoms with E-state index in [4.69, 9.17) is 0 Å². The minimum absolute atomic E-state index is 0.0818. The van der Waals surface area contributed by atoms with E-state index in [0.717, 1.165) is 17.4 Å². The van der Waals surface area contributed by atoms with Crippen molar-refractivity contribution in [2.24, 2.45) is 0 Å². The molecule has 1 amide bonds. The Morgan fingerprint density at radius 1 is 1.57 bits per heavy atom. The second-order valence-corrected chi connectivity index (χ2v) is 6.44. The van der Waals surface area contributed by atoms with Gasteiger partial charge in [0.15, 0.2) is 0 Å². The Morgan fingerprint density at radius 2 is 2.33 bits per heavy atom. The van der Waals surface area contributed by atoms with Crippen LogP contribution in [-0.4, -0.2) is 41.7 Å². The fourth-order valence-corrected chi connectivity index (χ4v) is 3.25. The number of hydrogen-bond acceptors (Lipinski definition) is 3. The molecular formula is C15H20BrFN2O2. The number of carbonyl (C=O) groups excluding carboxylic acids is 1. The molecule has 0 saturated carbocycles. The number of rotatable bonds is 4. The molecule has 1 aromatic carbocycles. The SMILES string of the molecule is CNC(=O)CC1(O)CCCN(Cc2c(F)cccc2Br)C1. The topological polar surface area (TPSA) is 52.6 Å². The molecule has 1 heterocycles. The maximum atomic E-state index is 13.9. The van der Waals surface area contributed by atoms with E-state index in [1.807, 2.05) is 4.90 Å². The zero-order valence-corrected chi connectivity index (χ0v) is 13.6. The molecule has 21 heavy (non-hydrogen) atoms. The van der Waals surface area contributed by atoms with Crippen LogP contribution in [0.3, 0.4) is 0 Å². The number of amides is 1. The predicted octanol–water partition coefficient (Wildman–Crippen LogP) is 2.05. The molecule has 1 atom stereocenters. The summed E-state index contributed by atoms with van der Waals surface area (Å²) in [6, 6.07) is 4.89. The van der Waals surface area contributed by atoms with Gasteiger partial charge in [-0.3, -0.25) is 9.69 Å². The Balaban J connectivity index is 2.06. The predicted molar refractivity (Wildman–Crippen MR) is 82.2 cm³/mol. The Bertz CT molecular complexity index is 506. The lowest BCUT2D eigenvalue weighted by molar-refractivity contribution is -0.128. The number of benzene rings is 1. The van der Waals surface area contributed by atoms with Gasteiger partial charge in [-0.1, -0.05) is 22.0 Å². The van der Waals surface area contributed by atoms with Gasteiger partial charge in [0, 0.05) is 30.2 Å². The van der Waals surface area contributed by atoms with Crippen LogP contribution in [0.1, 0.15) is 24.8 Å². The molecule has 6 heteroatoms. The molecule has 1 unspecified atom stereocenters. The number of β-amino-alcohol motifs (C(OH)–C–C–N with tert-alkyl or cyclic N) is 1. The minimum Gasteiger partial charge on any atom is -0.388 e. The Morgan fingerprint density at radius 3 is 3.00 bits per heavy atom. The minimum atomic E-state index is -1.03. The van der Waals surface area contributed by atoms with Gasteiger partial charge in [-0.25, -0.2) is 4.39 Å². The van der Waals surface area contributed by atoms with Crippen LogP contribution in [0.5, 0.6) is 0 Å². The van der Waals surface area contributed by atoms with Crippen LogP contribution >= 0.6 is 15.9 Å². The summed E-state index contributed by atoms with van der Waals surface area (Å²) >= 11 is 3.36. The number of hydrogen-bond donors (Lipinski definition) is 2. The molecule has 0 aromatic heterocycles. The molecule has 1 saturated heterocycles. The van der Waals surface area contributed by atoms with Crippen molar-refractivity contribution >= 4 is 21.8 Å². The highest BCUT2D eigenvalue weighted by Gasteiger charge is 2.35. The summed E-state index contributed by atoms with van der Waals surface area (Å²) in [6.07, 6.45) is 1.47. The number of likely N-dealkylation sites (tertiary alicyclic amines) is 1. The molecule has 1 aromatic rings. The molecule has 1 fully saturated rings. The van der Waals surface area contributed by atoms with Gasteiger partial charge in [0.05, 0.1) is 12.0 Å². The van der Waals surface area contributed by atoms with Gasteiger partial charge in [0.2, 0.25) is 5.91 Å². The van der Waals surface area contributed by atoms with Gasteiger partial charge >= 0.3 is 0 Å². The Labute approximate surface area is 132 Å². The molecule has 0 radical (unpaired) electrons. The first-order valence-corrected chi connectivity index (χ1v) is 7.81. The molecule has 1 aliphatic heterocycles. The standard InChI is InChI=1S/C15H20BrFN2O2/c1-18-14(20)8-15(21)6-3-7-19(10-15)9-11-12(16)4-2-5-13(11)17/h2,4-5,21H,3,6-10H2,1H3,(H,18,20). The first-order valence-electron chi connectivity index (χ1n) is 7.02. The van der Waals surface area contributed by atoms with Crippen LogP contribution in [0.25, 0.3) is 0 Å². The van der Waals surface area contributed by atoms with Crippen LogP contribution < -0.4 is 5.32 Å². The lowest BCUT2D eigenvalue weighted by atomic mass is 9.89. The van der Waals surface area contributed by atoms with Gasteiger partial charge in [-0.15, -0.1) is 0 Å². The van der Waals surface area contributed by atoms with Gasteiger partial charge < -0.3 is 10.4 Å². The second-order valence-electron chi connectivity index (χ2n) is 5.59. The quantitative estimate of drug-likeness (QED) is 0.865. The van der Waals surface area contributed by atoms with E-state index in [0.29, 0.717) is 25.1 Å². The molecule has 2 rings (SSSR count). The Kier molecular flexibility index (Phi) is 5.35. The van der Waals surface area contributed by atoms with Crippen molar-refractivity contribution in [3.63, 3.8) is 0 Å². The van der Waals surface area contributed by atoms with E-state index in [9.17, 15) is 14.3 Å². The van der Waals surface area contributed by atoms with Crippen molar-refractivity contribution in [1.82, 2.24) is 10.2 Å². The Hall–Kier alpha value is -0.980. The summed E-state index contributed by atoms with van der Waals surface area (Å²) in [4.78, 5) is 13.5. The van der Waals surface area contributed by atoms with Crippen LogP contribution in [0.15, 0.2) is 22.7 Å². The average Bonchev–Trinajstić information content (AvgIpc) is 2.42. The first kappa shape index (κ1) is 16.4. The van der Waals surface area contributed by atoms with Crippen molar-refractivity contribution in [3.05, 3.63) is 34.1 Å². The van der Waals surface area contributed by atoms with Crippen molar-refractivity contribution in [3.8, 4) is 0 Å². The fourth-order valence-electron chi connectivity index (χ4n) is 2.78. The van der Waals surface area contributed by atoms with Gasteiger partial charge in [0.25, 0.3) is 0 Å². The van der Waals surface area contributed by atoms with Crippen LogP contribution in [0.2, 0.25) is 0 Å². The average molecular weight is 359 g/mol. The monoisotopic (exact) mass is 358 g/mol. The number of nitrogens with zero attached hydrogens (tertiary/aromatic N) is 1. The summed E-state index contributed by atoms with van der Waals surface area (Å²) < 4.78 is 14.6. The number of carbonyl (C=O) groups is 1. The van der Waals surface area contributed by atoms with Crippen LogP contribution in [-0.2, 0) is 11.3 Å². The zero-order chi connectivity index (χ0) is 15.5. The lowest BCUT2D eigenvalue weighted by Crippen LogP contribution is -2.50. The lowest BCUT2D eigenvalue weighted by Gasteiger charge is -2.39. The molecule has 1 aliphatic rings. The highest BCUT2D eigenvalue weighted by atomic mass is 79.9. The molecule has 2 N–H and O–H groups in total. The number of aliphatic hydroxyl groups is 1. The third kappa shape index (κ3) is 4.25. The molecule has 0 aliphatic carbocycles. The third-order valence-corrected chi connectivity index (χ3v) is 4.59. The molecule has 4 nitrogen and oxygen atoms in total. The number of piperidine rings is 1. The van der Waals surface area contributed by atoms with Gasteiger partial charge in [-0.05, 0) is 31.5 Å². The van der Waals surface area contributed by atoms with E-state index >= 15 is 0 Å².